The predicted octanol–water partition coefficient (Wildman–Crippen LogP) is 4.16. The molecular weight excluding hydrogens is 390 g/mol. The van der Waals surface area contributed by atoms with Gasteiger partial charge in [-0.2, -0.15) is 0 Å². The number of benzene rings is 2. The molecule has 9 heteroatoms. The fourth-order valence-corrected chi connectivity index (χ4v) is 3.48. The Balaban J connectivity index is 1.76. The van der Waals surface area contributed by atoms with E-state index in [1.807, 2.05) is 34.9 Å². The summed E-state index contributed by atoms with van der Waals surface area (Å²) in [4.78, 5) is 23.0. The van der Waals surface area contributed by atoms with Crippen LogP contribution in [0.15, 0.2) is 72.4 Å². The molecule has 1 unspecified atom stereocenters. The van der Waals surface area contributed by atoms with Gasteiger partial charge in [0.1, 0.15) is 0 Å². The first-order chi connectivity index (χ1) is 14.0. The van der Waals surface area contributed by atoms with Crippen molar-refractivity contribution in [2.75, 3.05) is 5.32 Å². The summed E-state index contributed by atoms with van der Waals surface area (Å²) in [6, 6.07) is 15.5. The number of nitrogens with one attached hydrogen (secondary N) is 1. The molecule has 0 aliphatic rings. The zero-order valence-electron chi connectivity index (χ0n) is 15.7. The minimum absolute atomic E-state index is 0.0821. The number of allylic oxidation sites excluding steroid dienone is 1. The summed E-state index contributed by atoms with van der Waals surface area (Å²) in [5, 5.41) is 22.2. The van der Waals surface area contributed by atoms with Crippen molar-refractivity contribution in [3.05, 3.63) is 77.4 Å². The second kappa shape index (κ2) is 9.16. The van der Waals surface area contributed by atoms with Gasteiger partial charge in [-0.3, -0.25) is 19.5 Å². The summed E-state index contributed by atoms with van der Waals surface area (Å²) in [5.74, 6) is 0.407. The van der Waals surface area contributed by atoms with Crippen molar-refractivity contribution in [1.82, 2.24) is 14.8 Å². The van der Waals surface area contributed by atoms with Crippen LogP contribution in [-0.4, -0.2) is 30.8 Å². The fraction of sp³-hybridized carbons (Fsp3) is 0.150. The van der Waals surface area contributed by atoms with Crippen molar-refractivity contribution < 1.29 is 9.72 Å². The Hall–Kier alpha value is -3.46. The number of thioether (sulfide) groups is 1. The van der Waals surface area contributed by atoms with Gasteiger partial charge in [0.25, 0.3) is 5.69 Å². The Kier molecular flexibility index (Phi) is 6.40. The van der Waals surface area contributed by atoms with Gasteiger partial charge in [-0.25, -0.2) is 0 Å². The Morgan fingerprint density at radius 3 is 2.72 bits per heavy atom. The molecule has 1 aromatic heterocycles. The van der Waals surface area contributed by atoms with Crippen LogP contribution in [0.25, 0.3) is 11.4 Å². The number of aromatic nitrogens is 3. The molecule has 0 aliphatic heterocycles. The monoisotopic (exact) mass is 409 g/mol. The lowest BCUT2D eigenvalue weighted by atomic mass is 10.2. The Bertz CT molecular complexity index is 1040. The number of carbonyl (C=O) groups excluding carboxylic acids is 1. The lowest BCUT2D eigenvalue weighted by Gasteiger charge is -2.13. The van der Waals surface area contributed by atoms with E-state index in [0.29, 0.717) is 23.2 Å². The van der Waals surface area contributed by atoms with Gasteiger partial charge in [0.15, 0.2) is 11.0 Å². The first kappa shape index (κ1) is 20.3. The third-order valence-electron chi connectivity index (χ3n) is 4.04. The normalized spacial score (nSPS) is 11.6. The molecule has 0 fully saturated rings. The number of hydrogen-bond acceptors (Lipinski definition) is 6. The first-order valence-electron chi connectivity index (χ1n) is 8.81. The summed E-state index contributed by atoms with van der Waals surface area (Å²) >= 11 is 1.26. The molecule has 3 rings (SSSR count). The largest absolute Gasteiger partial charge is 0.325 e. The van der Waals surface area contributed by atoms with Crippen LogP contribution in [0.3, 0.4) is 0 Å². The van der Waals surface area contributed by atoms with Crippen LogP contribution in [0.1, 0.15) is 6.92 Å². The van der Waals surface area contributed by atoms with E-state index in [0.717, 1.165) is 5.56 Å². The highest BCUT2D eigenvalue weighted by molar-refractivity contribution is 8.00. The highest BCUT2D eigenvalue weighted by Gasteiger charge is 2.21. The average Bonchev–Trinajstić information content (AvgIpc) is 3.11. The molecule has 1 amide bonds. The van der Waals surface area contributed by atoms with E-state index in [1.165, 1.54) is 30.0 Å². The van der Waals surface area contributed by atoms with Gasteiger partial charge in [0.05, 0.1) is 10.2 Å². The maximum Gasteiger partial charge on any atom is 0.271 e. The van der Waals surface area contributed by atoms with Crippen molar-refractivity contribution in [2.45, 2.75) is 23.9 Å². The molecule has 148 valence electrons. The van der Waals surface area contributed by atoms with E-state index in [1.54, 1.807) is 19.1 Å². The zero-order valence-corrected chi connectivity index (χ0v) is 16.5. The summed E-state index contributed by atoms with van der Waals surface area (Å²) in [6.07, 6.45) is 1.74. The van der Waals surface area contributed by atoms with Crippen LogP contribution in [0.4, 0.5) is 11.4 Å². The second-order valence-corrected chi connectivity index (χ2v) is 7.44. The molecule has 1 atom stereocenters. The Morgan fingerprint density at radius 1 is 1.28 bits per heavy atom. The topological polar surface area (TPSA) is 103 Å². The summed E-state index contributed by atoms with van der Waals surface area (Å²) in [6.45, 7) is 6.03. The van der Waals surface area contributed by atoms with E-state index in [4.69, 9.17) is 0 Å². The van der Waals surface area contributed by atoms with E-state index in [-0.39, 0.29) is 11.6 Å². The number of rotatable bonds is 8. The molecule has 29 heavy (non-hydrogen) atoms. The van der Waals surface area contributed by atoms with Crippen LogP contribution in [0, 0.1) is 10.1 Å². The van der Waals surface area contributed by atoms with Crippen LogP contribution in [0.5, 0.6) is 0 Å². The van der Waals surface area contributed by atoms with Crippen molar-refractivity contribution in [3.8, 4) is 11.4 Å². The maximum atomic E-state index is 12.6. The predicted molar refractivity (Wildman–Crippen MR) is 113 cm³/mol. The van der Waals surface area contributed by atoms with Crippen LogP contribution >= 0.6 is 11.8 Å². The van der Waals surface area contributed by atoms with E-state index in [9.17, 15) is 14.9 Å². The van der Waals surface area contributed by atoms with Gasteiger partial charge in [0.2, 0.25) is 5.91 Å². The van der Waals surface area contributed by atoms with Crippen molar-refractivity contribution in [3.63, 3.8) is 0 Å². The molecule has 0 saturated carbocycles. The fourth-order valence-electron chi connectivity index (χ4n) is 2.62. The van der Waals surface area contributed by atoms with Crippen molar-refractivity contribution >= 4 is 29.0 Å². The van der Waals surface area contributed by atoms with Crippen molar-refractivity contribution in [2.24, 2.45) is 0 Å². The molecule has 1 heterocycles. The summed E-state index contributed by atoms with van der Waals surface area (Å²) in [7, 11) is 0. The molecule has 1 N–H and O–H groups in total. The van der Waals surface area contributed by atoms with E-state index >= 15 is 0 Å². The number of nitro benzene ring substituents is 1. The lowest BCUT2D eigenvalue weighted by Crippen LogP contribution is -2.23. The van der Waals surface area contributed by atoms with Gasteiger partial charge in [-0.05, 0) is 13.0 Å². The molecule has 2 aromatic carbocycles. The molecule has 8 nitrogen and oxygen atoms in total. The molecule has 0 saturated heterocycles. The Labute approximate surface area is 171 Å². The minimum atomic E-state index is -0.503. The lowest BCUT2D eigenvalue weighted by molar-refractivity contribution is -0.384. The molecule has 0 radical (unpaired) electrons. The standard InChI is InChI=1S/C20H19N5O3S/c1-3-12-24-18(15-8-5-4-6-9-15)22-23-20(24)29-14(2)19(26)21-16-10-7-11-17(13-16)25(27)28/h3-11,13-14H,1,12H2,2H3,(H,21,26). The van der Waals surface area contributed by atoms with E-state index in [2.05, 4.69) is 22.1 Å². The van der Waals surface area contributed by atoms with Gasteiger partial charge in [0, 0.05) is 29.9 Å². The Morgan fingerprint density at radius 2 is 2.03 bits per heavy atom. The summed E-state index contributed by atoms with van der Waals surface area (Å²) in [5.41, 5.74) is 1.21. The van der Waals surface area contributed by atoms with Crippen molar-refractivity contribution in [1.29, 1.82) is 0 Å². The number of amides is 1. The second-order valence-electron chi connectivity index (χ2n) is 6.13. The number of carbonyl (C=O) groups is 1. The third kappa shape index (κ3) is 4.88. The third-order valence-corrected chi connectivity index (χ3v) is 5.12. The number of hydrogen-bond donors (Lipinski definition) is 1. The van der Waals surface area contributed by atoms with Gasteiger partial charge >= 0.3 is 0 Å². The zero-order chi connectivity index (χ0) is 20.8. The number of nitrogens with zero attached hydrogens (tertiary/aromatic N) is 4. The number of nitro groups is 1. The summed E-state index contributed by atoms with van der Waals surface area (Å²) < 4.78 is 1.89. The van der Waals surface area contributed by atoms with Crippen LogP contribution in [-0.2, 0) is 11.3 Å². The average molecular weight is 409 g/mol. The number of anilines is 1. The van der Waals surface area contributed by atoms with Gasteiger partial charge < -0.3 is 5.32 Å². The first-order valence-corrected chi connectivity index (χ1v) is 9.69. The molecule has 3 aromatic rings. The van der Waals surface area contributed by atoms with Crippen LogP contribution in [0.2, 0.25) is 0 Å². The molecule has 0 spiro atoms. The molecule has 0 aliphatic carbocycles. The SMILES string of the molecule is C=CCn1c(SC(C)C(=O)Nc2cccc([N+](=O)[O-])c2)nnc1-c1ccccc1. The van der Waals surface area contributed by atoms with Gasteiger partial charge in [-0.1, -0.05) is 54.2 Å². The highest BCUT2D eigenvalue weighted by Crippen LogP contribution is 2.27. The highest BCUT2D eigenvalue weighted by atomic mass is 32.2. The maximum absolute atomic E-state index is 12.6. The van der Waals surface area contributed by atoms with Crippen LogP contribution < -0.4 is 5.32 Å². The minimum Gasteiger partial charge on any atom is -0.325 e. The molecular formula is C20H19N5O3S. The molecule has 0 bridgehead atoms. The van der Waals surface area contributed by atoms with Gasteiger partial charge in [-0.15, -0.1) is 16.8 Å². The quantitative estimate of drug-likeness (QED) is 0.259. The number of non-ortho nitro benzene ring substituents is 1. The smallest absolute Gasteiger partial charge is 0.271 e. The van der Waals surface area contributed by atoms with E-state index < -0.39 is 10.2 Å².